The van der Waals surface area contributed by atoms with E-state index in [1.807, 2.05) is 0 Å². The lowest BCUT2D eigenvalue weighted by molar-refractivity contribution is -0.113. The minimum absolute atomic E-state index is 0.367. The fraction of sp³-hybridized carbons (Fsp3) is 0.200. The number of amides is 3. The van der Waals surface area contributed by atoms with E-state index in [2.05, 4.69) is 16.0 Å². The lowest BCUT2D eigenvalue weighted by Crippen LogP contribution is -2.45. The summed E-state index contributed by atoms with van der Waals surface area (Å²) in [4.78, 5) is 25.1. The Labute approximate surface area is 167 Å². The first-order valence-electron chi connectivity index (χ1n) is 8.50. The van der Waals surface area contributed by atoms with Crippen molar-refractivity contribution in [2.24, 2.45) is 0 Å². The highest BCUT2D eigenvalue weighted by Crippen LogP contribution is 2.32. The third-order valence-electron chi connectivity index (χ3n) is 4.37. The molecule has 28 heavy (non-hydrogen) atoms. The molecule has 0 saturated carbocycles. The van der Waals surface area contributed by atoms with Crippen molar-refractivity contribution in [3.8, 4) is 11.5 Å². The Kier molecular flexibility index (Phi) is 5.75. The van der Waals surface area contributed by atoms with Crippen LogP contribution in [0.5, 0.6) is 11.5 Å². The van der Waals surface area contributed by atoms with Crippen LogP contribution in [0.25, 0.3) is 0 Å². The topological polar surface area (TPSA) is 88.7 Å². The van der Waals surface area contributed by atoms with Crippen LogP contribution in [0.2, 0.25) is 5.02 Å². The summed E-state index contributed by atoms with van der Waals surface area (Å²) in [7, 11) is 3.06. The maximum Gasteiger partial charge on any atom is 0.319 e. The summed E-state index contributed by atoms with van der Waals surface area (Å²) in [6, 6.07) is 11.1. The highest BCUT2D eigenvalue weighted by Gasteiger charge is 2.31. The zero-order chi connectivity index (χ0) is 20.3. The number of rotatable bonds is 5. The number of methoxy groups -OCH3 is 2. The maximum atomic E-state index is 13.1. The van der Waals surface area contributed by atoms with Crippen LogP contribution in [0.15, 0.2) is 53.7 Å². The first-order chi connectivity index (χ1) is 13.4. The number of urea groups is 1. The van der Waals surface area contributed by atoms with Crippen LogP contribution >= 0.6 is 11.6 Å². The van der Waals surface area contributed by atoms with Gasteiger partial charge in [-0.25, -0.2) is 4.79 Å². The number of ether oxygens (including phenoxy) is 2. The molecule has 2 aromatic rings. The minimum atomic E-state index is -0.616. The number of hydrogen-bond donors (Lipinski definition) is 3. The molecule has 1 unspecified atom stereocenters. The summed E-state index contributed by atoms with van der Waals surface area (Å²) < 4.78 is 10.5. The number of nitrogens with one attached hydrogen (secondary N) is 3. The molecule has 0 aliphatic carbocycles. The molecule has 2 aromatic carbocycles. The average molecular weight is 402 g/mol. The molecule has 146 valence electrons. The largest absolute Gasteiger partial charge is 0.497 e. The highest BCUT2D eigenvalue weighted by molar-refractivity contribution is 6.30. The van der Waals surface area contributed by atoms with Gasteiger partial charge in [-0.05, 0) is 36.8 Å². The van der Waals surface area contributed by atoms with Crippen molar-refractivity contribution in [2.45, 2.75) is 13.0 Å². The van der Waals surface area contributed by atoms with Crippen molar-refractivity contribution in [3.05, 3.63) is 64.3 Å². The van der Waals surface area contributed by atoms with E-state index in [0.717, 1.165) is 5.56 Å². The molecule has 1 atom stereocenters. The summed E-state index contributed by atoms with van der Waals surface area (Å²) >= 11 is 5.96. The molecule has 8 heteroatoms. The van der Waals surface area contributed by atoms with Gasteiger partial charge in [-0.1, -0.05) is 23.7 Å². The normalized spacial score (nSPS) is 16.1. The third-order valence-corrected chi connectivity index (χ3v) is 4.63. The molecule has 0 radical (unpaired) electrons. The van der Waals surface area contributed by atoms with Crippen LogP contribution in [-0.4, -0.2) is 26.2 Å². The zero-order valence-corrected chi connectivity index (χ0v) is 16.4. The van der Waals surface area contributed by atoms with Crippen LogP contribution in [0.3, 0.4) is 0 Å². The third kappa shape index (κ3) is 4.04. The molecule has 1 aliphatic heterocycles. The first-order valence-corrected chi connectivity index (χ1v) is 8.88. The highest BCUT2D eigenvalue weighted by atomic mass is 35.5. The standard InChI is InChI=1S/C20H20ClN3O4/c1-11-17(18(24-20(26)22-11)12-4-6-13(21)7-5-12)19(25)23-15-9-8-14(27-2)10-16(15)28-3/h4-10,18H,1-3H3,(H,23,25)(H2,22,24,26). The quantitative estimate of drug-likeness (QED) is 0.713. The number of carbonyl (C=O) groups is 2. The van der Waals surface area contributed by atoms with Crippen LogP contribution in [0.1, 0.15) is 18.5 Å². The second-order valence-electron chi connectivity index (χ2n) is 6.14. The fourth-order valence-electron chi connectivity index (χ4n) is 2.99. The molecule has 0 fully saturated rings. The van der Waals surface area contributed by atoms with Gasteiger partial charge < -0.3 is 25.4 Å². The second kappa shape index (κ2) is 8.22. The molecule has 7 nitrogen and oxygen atoms in total. The summed E-state index contributed by atoms with van der Waals surface area (Å²) in [5, 5.41) is 8.84. The molecule has 1 aliphatic rings. The zero-order valence-electron chi connectivity index (χ0n) is 15.6. The molecular weight excluding hydrogens is 382 g/mol. The van der Waals surface area contributed by atoms with Crippen molar-refractivity contribution >= 4 is 29.2 Å². The van der Waals surface area contributed by atoms with Gasteiger partial charge in [0.25, 0.3) is 5.91 Å². The van der Waals surface area contributed by atoms with Gasteiger partial charge in [0.05, 0.1) is 31.5 Å². The molecule has 0 saturated heterocycles. The predicted molar refractivity (Wildman–Crippen MR) is 107 cm³/mol. The smallest absolute Gasteiger partial charge is 0.319 e. The molecule has 0 spiro atoms. The van der Waals surface area contributed by atoms with Gasteiger partial charge in [0.15, 0.2) is 0 Å². The molecule has 0 aromatic heterocycles. The van der Waals surface area contributed by atoms with Crippen LogP contribution < -0.4 is 25.4 Å². The van der Waals surface area contributed by atoms with E-state index in [-0.39, 0.29) is 11.9 Å². The Morgan fingerprint density at radius 3 is 2.46 bits per heavy atom. The Balaban J connectivity index is 1.94. The van der Waals surface area contributed by atoms with Gasteiger partial charge in [0.1, 0.15) is 11.5 Å². The van der Waals surface area contributed by atoms with Gasteiger partial charge in [0, 0.05) is 16.8 Å². The van der Waals surface area contributed by atoms with Crippen LogP contribution in [-0.2, 0) is 4.79 Å². The van der Waals surface area contributed by atoms with E-state index in [9.17, 15) is 9.59 Å². The number of halogens is 1. The molecule has 0 bridgehead atoms. The Morgan fingerprint density at radius 2 is 1.82 bits per heavy atom. The summed E-state index contributed by atoms with van der Waals surface area (Å²) in [6.07, 6.45) is 0. The fourth-order valence-corrected chi connectivity index (χ4v) is 3.12. The monoisotopic (exact) mass is 401 g/mol. The number of benzene rings is 2. The van der Waals surface area contributed by atoms with Gasteiger partial charge in [-0.2, -0.15) is 0 Å². The number of carbonyl (C=O) groups excluding carboxylic acids is 2. The van der Waals surface area contributed by atoms with Crippen molar-refractivity contribution in [2.75, 3.05) is 19.5 Å². The predicted octanol–water partition coefficient (Wildman–Crippen LogP) is 3.62. The molecular formula is C20H20ClN3O4. The van der Waals surface area contributed by atoms with Gasteiger partial charge in [0.2, 0.25) is 0 Å². The Hall–Kier alpha value is -3.19. The van der Waals surface area contributed by atoms with Crippen molar-refractivity contribution in [1.82, 2.24) is 10.6 Å². The first kappa shape index (κ1) is 19.6. The lowest BCUT2D eigenvalue weighted by Gasteiger charge is -2.29. The minimum Gasteiger partial charge on any atom is -0.497 e. The van der Waals surface area contributed by atoms with Crippen LogP contribution in [0, 0.1) is 0 Å². The van der Waals surface area contributed by atoms with E-state index in [1.165, 1.54) is 7.11 Å². The van der Waals surface area contributed by atoms with E-state index in [0.29, 0.717) is 33.5 Å². The molecule has 3 rings (SSSR count). The summed E-state index contributed by atoms with van der Waals surface area (Å²) in [5.74, 6) is 0.700. The molecule has 1 heterocycles. The second-order valence-corrected chi connectivity index (χ2v) is 6.58. The van der Waals surface area contributed by atoms with E-state index in [1.54, 1.807) is 56.5 Å². The molecule has 3 amide bonds. The maximum absolute atomic E-state index is 13.1. The van der Waals surface area contributed by atoms with E-state index in [4.69, 9.17) is 21.1 Å². The summed E-state index contributed by atoms with van der Waals surface area (Å²) in [5.41, 5.74) is 2.08. The number of hydrogen-bond acceptors (Lipinski definition) is 4. The van der Waals surface area contributed by atoms with Crippen molar-refractivity contribution < 1.29 is 19.1 Å². The van der Waals surface area contributed by atoms with Crippen molar-refractivity contribution in [1.29, 1.82) is 0 Å². The van der Waals surface area contributed by atoms with Gasteiger partial charge in [-0.15, -0.1) is 0 Å². The Morgan fingerprint density at radius 1 is 1.11 bits per heavy atom. The molecule has 3 N–H and O–H groups in total. The number of anilines is 1. The SMILES string of the molecule is COc1ccc(NC(=O)C2=C(C)NC(=O)NC2c2ccc(Cl)cc2)c(OC)c1. The van der Waals surface area contributed by atoms with E-state index >= 15 is 0 Å². The van der Waals surface area contributed by atoms with Crippen LogP contribution in [0.4, 0.5) is 10.5 Å². The van der Waals surface area contributed by atoms with E-state index < -0.39 is 6.04 Å². The van der Waals surface area contributed by atoms with Gasteiger partial charge in [-0.3, -0.25) is 4.79 Å². The summed E-state index contributed by atoms with van der Waals surface area (Å²) in [6.45, 7) is 1.68. The number of allylic oxidation sites excluding steroid dienone is 1. The van der Waals surface area contributed by atoms with Gasteiger partial charge >= 0.3 is 6.03 Å². The average Bonchev–Trinajstić information content (AvgIpc) is 2.68. The van der Waals surface area contributed by atoms with Crippen molar-refractivity contribution in [3.63, 3.8) is 0 Å². The lowest BCUT2D eigenvalue weighted by atomic mass is 9.95. The Bertz CT molecular complexity index is 941.